The third-order valence-corrected chi connectivity index (χ3v) is 7.26. The highest BCUT2D eigenvalue weighted by atomic mass is 35.5. The maximum absolute atomic E-state index is 6.74. The Morgan fingerprint density at radius 1 is 1.03 bits per heavy atom. The zero-order valence-electron chi connectivity index (χ0n) is 17.9. The molecule has 156 valence electrons. The SMILES string of the molecule is Cc1cc(Cl)cc2c1OC1(CCCCC1)C[C@H]2NC(C)c1cccc2ccccc12. The largest absolute Gasteiger partial charge is 0.487 e. The Morgan fingerprint density at radius 3 is 2.63 bits per heavy atom. The van der Waals surface area contributed by atoms with Crippen LogP contribution in [-0.2, 0) is 0 Å². The topological polar surface area (TPSA) is 21.3 Å². The van der Waals surface area contributed by atoms with Gasteiger partial charge < -0.3 is 10.1 Å². The Morgan fingerprint density at radius 2 is 1.80 bits per heavy atom. The summed E-state index contributed by atoms with van der Waals surface area (Å²) in [6.45, 7) is 4.40. The maximum atomic E-state index is 6.74. The summed E-state index contributed by atoms with van der Waals surface area (Å²) in [5.41, 5.74) is 3.66. The van der Waals surface area contributed by atoms with Crippen molar-refractivity contribution < 1.29 is 4.74 Å². The molecule has 1 aliphatic heterocycles. The Kier molecular flexibility index (Phi) is 5.24. The van der Waals surface area contributed by atoms with Crippen molar-refractivity contribution in [3.8, 4) is 5.75 Å². The first-order chi connectivity index (χ1) is 14.5. The van der Waals surface area contributed by atoms with Crippen molar-refractivity contribution in [2.45, 2.75) is 70.1 Å². The third-order valence-electron chi connectivity index (χ3n) is 7.04. The van der Waals surface area contributed by atoms with Crippen molar-refractivity contribution in [1.29, 1.82) is 0 Å². The second-order valence-corrected chi connectivity index (χ2v) is 9.64. The van der Waals surface area contributed by atoms with Crippen LogP contribution in [0.4, 0.5) is 0 Å². The Hall–Kier alpha value is -2.03. The van der Waals surface area contributed by atoms with Crippen molar-refractivity contribution in [1.82, 2.24) is 5.32 Å². The number of hydrogen-bond donors (Lipinski definition) is 1. The number of fused-ring (bicyclic) bond motifs is 2. The average molecular weight is 420 g/mol. The van der Waals surface area contributed by atoms with Gasteiger partial charge in [0.1, 0.15) is 11.4 Å². The first kappa shape index (κ1) is 19.9. The summed E-state index contributed by atoms with van der Waals surface area (Å²) in [7, 11) is 0. The van der Waals surface area contributed by atoms with Crippen molar-refractivity contribution >= 4 is 22.4 Å². The van der Waals surface area contributed by atoms with Gasteiger partial charge in [0.25, 0.3) is 0 Å². The number of rotatable bonds is 3. The molecule has 0 amide bonds. The highest BCUT2D eigenvalue weighted by Gasteiger charge is 2.42. The highest BCUT2D eigenvalue weighted by Crippen LogP contribution is 2.48. The summed E-state index contributed by atoms with van der Waals surface area (Å²) in [6, 6.07) is 19.9. The van der Waals surface area contributed by atoms with Gasteiger partial charge in [-0.1, -0.05) is 60.5 Å². The molecule has 1 fully saturated rings. The van der Waals surface area contributed by atoms with E-state index in [1.807, 2.05) is 6.07 Å². The van der Waals surface area contributed by atoms with Gasteiger partial charge in [0.05, 0.1) is 0 Å². The molecule has 5 rings (SSSR count). The molecule has 0 radical (unpaired) electrons. The smallest absolute Gasteiger partial charge is 0.127 e. The van der Waals surface area contributed by atoms with Gasteiger partial charge in [-0.3, -0.25) is 0 Å². The molecule has 0 aromatic heterocycles. The quantitative estimate of drug-likeness (QED) is 0.470. The first-order valence-electron chi connectivity index (χ1n) is 11.3. The fraction of sp³-hybridized carbons (Fsp3) is 0.407. The highest BCUT2D eigenvalue weighted by molar-refractivity contribution is 6.30. The van der Waals surface area contributed by atoms with Gasteiger partial charge in [-0.05, 0) is 73.6 Å². The zero-order chi connectivity index (χ0) is 20.7. The van der Waals surface area contributed by atoms with Crippen molar-refractivity contribution in [2.24, 2.45) is 0 Å². The van der Waals surface area contributed by atoms with Crippen LogP contribution in [0.15, 0.2) is 54.6 Å². The first-order valence-corrected chi connectivity index (χ1v) is 11.7. The molecule has 1 aliphatic carbocycles. The van der Waals surface area contributed by atoms with Gasteiger partial charge in [0.2, 0.25) is 0 Å². The summed E-state index contributed by atoms with van der Waals surface area (Å²) in [5, 5.41) is 7.37. The molecule has 0 bridgehead atoms. The second-order valence-electron chi connectivity index (χ2n) is 9.20. The van der Waals surface area contributed by atoms with Gasteiger partial charge in [-0.15, -0.1) is 0 Å². The lowest BCUT2D eigenvalue weighted by Gasteiger charge is -2.46. The average Bonchev–Trinajstić information content (AvgIpc) is 2.75. The Labute approximate surface area is 184 Å². The number of nitrogens with one attached hydrogen (secondary N) is 1. The van der Waals surface area contributed by atoms with E-state index in [-0.39, 0.29) is 17.7 Å². The summed E-state index contributed by atoms with van der Waals surface area (Å²) in [4.78, 5) is 0. The monoisotopic (exact) mass is 419 g/mol. The van der Waals surface area contributed by atoms with E-state index in [1.54, 1.807) is 0 Å². The van der Waals surface area contributed by atoms with Crippen LogP contribution in [0.25, 0.3) is 10.8 Å². The molecule has 1 spiro atoms. The summed E-state index contributed by atoms with van der Waals surface area (Å²) in [6.07, 6.45) is 7.14. The predicted molar refractivity (Wildman–Crippen MR) is 125 cm³/mol. The molecule has 3 heteroatoms. The lowest BCUT2D eigenvalue weighted by atomic mass is 9.76. The Bertz CT molecular complexity index is 1060. The maximum Gasteiger partial charge on any atom is 0.127 e. The molecule has 30 heavy (non-hydrogen) atoms. The molecule has 1 unspecified atom stereocenters. The van der Waals surface area contributed by atoms with E-state index in [0.29, 0.717) is 0 Å². The van der Waals surface area contributed by atoms with Crippen LogP contribution in [0.2, 0.25) is 5.02 Å². The fourth-order valence-corrected chi connectivity index (χ4v) is 5.85. The van der Waals surface area contributed by atoms with Crippen molar-refractivity contribution in [3.63, 3.8) is 0 Å². The van der Waals surface area contributed by atoms with Crippen LogP contribution in [0, 0.1) is 6.92 Å². The minimum atomic E-state index is -0.0417. The van der Waals surface area contributed by atoms with Crippen molar-refractivity contribution in [3.05, 3.63) is 76.3 Å². The third kappa shape index (κ3) is 3.61. The predicted octanol–water partition coefficient (Wildman–Crippen LogP) is 7.68. The zero-order valence-corrected chi connectivity index (χ0v) is 18.6. The van der Waals surface area contributed by atoms with Crippen LogP contribution >= 0.6 is 11.6 Å². The minimum Gasteiger partial charge on any atom is -0.487 e. The lowest BCUT2D eigenvalue weighted by molar-refractivity contribution is -0.00451. The number of aryl methyl sites for hydroxylation is 1. The molecule has 0 saturated heterocycles. The van der Waals surface area contributed by atoms with E-state index >= 15 is 0 Å². The van der Waals surface area contributed by atoms with Crippen LogP contribution in [0.3, 0.4) is 0 Å². The summed E-state index contributed by atoms with van der Waals surface area (Å²) >= 11 is 6.47. The van der Waals surface area contributed by atoms with Gasteiger partial charge in [-0.25, -0.2) is 0 Å². The van der Waals surface area contributed by atoms with Gasteiger partial charge >= 0.3 is 0 Å². The van der Waals surface area contributed by atoms with E-state index in [2.05, 4.69) is 67.7 Å². The van der Waals surface area contributed by atoms with Gasteiger partial charge in [0, 0.05) is 29.1 Å². The number of hydrogen-bond acceptors (Lipinski definition) is 2. The van der Waals surface area contributed by atoms with E-state index in [4.69, 9.17) is 16.3 Å². The van der Waals surface area contributed by atoms with Crippen molar-refractivity contribution in [2.75, 3.05) is 0 Å². The van der Waals surface area contributed by atoms with Crippen LogP contribution < -0.4 is 10.1 Å². The van der Waals surface area contributed by atoms with Crippen LogP contribution in [0.5, 0.6) is 5.75 Å². The molecule has 1 heterocycles. The summed E-state index contributed by atoms with van der Waals surface area (Å²) < 4.78 is 6.74. The molecule has 1 N–H and O–H groups in total. The molecule has 3 aromatic rings. The number of ether oxygens (including phenoxy) is 1. The molecular formula is C27H30ClNO. The molecule has 2 atom stereocenters. The van der Waals surface area contributed by atoms with Gasteiger partial charge in [-0.2, -0.15) is 0 Å². The number of halogens is 1. The second kappa shape index (κ2) is 7.90. The van der Waals surface area contributed by atoms with E-state index in [0.717, 1.165) is 35.6 Å². The summed E-state index contributed by atoms with van der Waals surface area (Å²) in [5.74, 6) is 1.05. The van der Waals surface area contributed by atoms with Gasteiger partial charge in [0.15, 0.2) is 0 Å². The van der Waals surface area contributed by atoms with E-state index < -0.39 is 0 Å². The fourth-order valence-electron chi connectivity index (χ4n) is 5.56. The standard InChI is InChI=1S/C27H30ClNO/c1-18-15-21(28)16-24-25(17-27(30-26(18)24)13-6-3-7-14-27)29-19(2)22-12-8-10-20-9-4-5-11-23(20)22/h4-5,8-12,15-16,19,25,29H,3,6-7,13-14,17H2,1-2H3/t19?,25-/m1/s1. The lowest BCUT2D eigenvalue weighted by Crippen LogP contribution is -2.46. The normalized spacial score (nSPS) is 21.2. The van der Waals surface area contributed by atoms with Crippen LogP contribution in [0.1, 0.15) is 74.2 Å². The number of benzene rings is 3. The van der Waals surface area contributed by atoms with Crippen LogP contribution in [-0.4, -0.2) is 5.60 Å². The van der Waals surface area contributed by atoms with E-state index in [1.165, 1.54) is 41.2 Å². The molecule has 2 aliphatic rings. The molecular weight excluding hydrogens is 390 g/mol. The van der Waals surface area contributed by atoms with E-state index in [9.17, 15) is 0 Å². The molecule has 3 aromatic carbocycles. The Balaban J connectivity index is 1.52. The minimum absolute atomic E-state index is 0.0417. The molecule has 1 saturated carbocycles. The molecule has 2 nitrogen and oxygen atoms in total.